The molecule has 0 unspecified atom stereocenters. The Labute approximate surface area is 197 Å². The van der Waals surface area contributed by atoms with Gasteiger partial charge in [0.15, 0.2) is 0 Å². The minimum atomic E-state index is -1.40. The molecule has 3 rings (SSSR count). The van der Waals surface area contributed by atoms with Crippen molar-refractivity contribution in [1.82, 2.24) is 9.88 Å². The van der Waals surface area contributed by atoms with Gasteiger partial charge in [-0.15, -0.1) is 0 Å². The maximum atomic E-state index is 12.9. The number of hydrogen-bond donors (Lipinski definition) is 2. The summed E-state index contributed by atoms with van der Waals surface area (Å²) in [5, 5.41) is 12.2. The van der Waals surface area contributed by atoms with E-state index in [0.717, 1.165) is 5.56 Å². The molecule has 0 saturated carbocycles. The zero-order chi connectivity index (χ0) is 24.2. The van der Waals surface area contributed by atoms with Crippen LogP contribution in [0.4, 0.5) is 0 Å². The van der Waals surface area contributed by atoms with E-state index in [-0.39, 0.29) is 5.78 Å². The number of nitrogens with zero attached hydrogens (tertiary/aromatic N) is 1. The number of carboxylic acid groups (broad SMARTS) is 1. The molecular weight excluding hydrogens is 440 g/mol. The topological polar surface area (TPSA) is 88.4 Å². The summed E-state index contributed by atoms with van der Waals surface area (Å²) < 4.78 is 1.83. The fourth-order valence-corrected chi connectivity index (χ4v) is 3.33. The average molecular weight is 465 g/mol. The Morgan fingerprint density at radius 1 is 1.06 bits per heavy atom. The third-order valence-corrected chi connectivity index (χ3v) is 5.54. The number of carbonyl (C=O) groups excluding carboxylic acids is 2. The van der Waals surface area contributed by atoms with Crippen LogP contribution in [0.15, 0.2) is 66.9 Å². The number of halogens is 1. The van der Waals surface area contributed by atoms with E-state index in [1.54, 1.807) is 24.3 Å². The van der Waals surface area contributed by atoms with Crippen molar-refractivity contribution in [3.63, 3.8) is 0 Å². The molecule has 0 aliphatic carbocycles. The molecule has 1 heterocycles. The largest absolute Gasteiger partial charge is 0.480 e. The molecule has 0 aliphatic rings. The lowest BCUT2D eigenvalue weighted by Gasteiger charge is -2.21. The molecule has 0 radical (unpaired) electrons. The Kier molecular flexibility index (Phi) is 7.19. The number of nitrogens with one attached hydrogen (secondary N) is 1. The predicted molar refractivity (Wildman–Crippen MR) is 129 cm³/mol. The molecule has 1 aromatic heterocycles. The van der Waals surface area contributed by atoms with Gasteiger partial charge in [0.25, 0.3) is 5.91 Å². The van der Waals surface area contributed by atoms with Crippen LogP contribution in [0.2, 0.25) is 5.02 Å². The molecule has 0 saturated heterocycles. The fraction of sp³-hybridized carbons (Fsp3) is 0.192. The summed E-state index contributed by atoms with van der Waals surface area (Å²) in [4.78, 5) is 36.6. The standard InChI is InChI=1S/C26H25ClN2O4/c1-17-8-10-18(11-9-17)23(30)22-7-5-15-29(22)14-4-6-19-16-20(12-13-21(19)27)24(31)28-26(2,3)25(32)33/h4-13,15-16H,14H2,1-3H3,(H,28,31)(H,32,33)/b6-4+. The maximum Gasteiger partial charge on any atom is 0.328 e. The van der Waals surface area contributed by atoms with Crippen molar-refractivity contribution in [1.29, 1.82) is 0 Å². The summed E-state index contributed by atoms with van der Waals surface area (Å²) in [5.41, 5.74) is 1.78. The van der Waals surface area contributed by atoms with Crippen LogP contribution in [-0.4, -0.2) is 32.9 Å². The number of carbonyl (C=O) groups is 3. The van der Waals surface area contributed by atoms with Crippen molar-refractivity contribution in [2.45, 2.75) is 32.9 Å². The number of aliphatic carboxylic acids is 1. The lowest BCUT2D eigenvalue weighted by Crippen LogP contribution is -2.49. The first kappa shape index (κ1) is 24.0. The molecule has 3 aromatic rings. The van der Waals surface area contributed by atoms with Crippen molar-refractivity contribution < 1.29 is 19.5 Å². The van der Waals surface area contributed by atoms with Gasteiger partial charge in [0.2, 0.25) is 5.78 Å². The third kappa shape index (κ3) is 5.79. The van der Waals surface area contributed by atoms with E-state index in [1.807, 2.05) is 54.1 Å². The number of carboxylic acids is 1. The molecule has 0 aliphatic heterocycles. The summed E-state index contributed by atoms with van der Waals surface area (Å²) in [7, 11) is 0. The minimum absolute atomic E-state index is 0.0638. The molecule has 6 nitrogen and oxygen atoms in total. The second-order valence-corrected chi connectivity index (χ2v) is 8.67. The molecule has 1 amide bonds. The fourth-order valence-electron chi connectivity index (χ4n) is 3.15. The summed E-state index contributed by atoms with van der Waals surface area (Å²) in [6, 6.07) is 15.8. The van der Waals surface area contributed by atoms with Gasteiger partial charge in [-0.25, -0.2) is 4.79 Å². The van der Waals surface area contributed by atoms with Gasteiger partial charge < -0.3 is 15.0 Å². The van der Waals surface area contributed by atoms with Gasteiger partial charge in [0.05, 0.1) is 5.69 Å². The quantitative estimate of drug-likeness (QED) is 0.460. The molecule has 2 N–H and O–H groups in total. The maximum absolute atomic E-state index is 12.9. The number of allylic oxidation sites excluding steroid dienone is 1. The Balaban J connectivity index is 1.75. The number of rotatable bonds is 8. The van der Waals surface area contributed by atoms with Gasteiger partial charge >= 0.3 is 5.97 Å². The molecular formula is C26H25ClN2O4. The van der Waals surface area contributed by atoms with Crippen LogP contribution in [0.5, 0.6) is 0 Å². The van der Waals surface area contributed by atoms with E-state index in [0.29, 0.717) is 34.0 Å². The molecule has 0 spiro atoms. The highest BCUT2D eigenvalue weighted by molar-refractivity contribution is 6.32. The van der Waals surface area contributed by atoms with Crippen molar-refractivity contribution in [2.75, 3.05) is 0 Å². The van der Waals surface area contributed by atoms with Crippen molar-refractivity contribution in [2.24, 2.45) is 0 Å². The monoisotopic (exact) mass is 464 g/mol. The van der Waals surface area contributed by atoms with Crippen molar-refractivity contribution in [3.05, 3.63) is 99.8 Å². The van der Waals surface area contributed by atoms with E-state index in [4.69, 9.17) is 11.6 Å². The van der Waals surface area contributed by atoms with E-state index in [2.05, 4.69) is 5.32 Å². The van der Waals surface area contributed by atoms with E-state index in [1.165, 1.54) is 19.9 Å². The zero-order valence-corrected chi connectivity index (χ0v) is 19.4. The highest BCUT2D eigenvalue weighted by atomic mass is 35.5. The summed E-state index contributed by atoms with van der Waals surface area (Å²) in [5.74, 6) is -1.70. The molecule has 33 heavy (non-hydrogen) atoms. The van der Waals surface area contributed by atoms with Gasteiger partial charge in [0.1, 0.15) is 5.54 Å². The van der Waals surface area contributed by atoms with Gasteiger partial charge in [-0.1, -0.05) is 53.6 Å². The van der Waals surface area contributed by atoms with E-state index < -0.39 is 17.4 Å². The Morgan fingerprint density at radius 2 is 1.73 bits per heavy atom. The highest BCUT2D eigenvalue weighted by Gasteiger charge is 2.29. The smallest absolute Gasteiger partial charge is 0.328 e. The Hall–Kier alpha value is -3.64. The lowest BCUT2D eigenvalue weighted by molar-refractivity contribution is -0.143. The molecule has 2 aromatic carbocycles. The predicted octanol–water partition coefficient (Wildman–Crippen LogP) is 4.99. The number of aryl methyl sites for hydroxylation is 1. The third-order valence-electron chi connectivity index (χ3n) is 5.19. The van der Waals surface area contributed by atoms with Crippen molar-refractivity contribution >= 4 is 35.3 Å². The molecule has 7 heteroatoms. The van der Waals surface area contributed by atoms with E-state index in [9.17, 15) is 19.5 Å². The Bertz CT molecular complexity index is 1220. The first-order valence-corrected chi connectivity index (χ1v) is 10.7. The van der Waals surface area contributed by atoms with Gasteiger partial charge in [-0.2, -0.15) is 0 Å². The van der Waals surface area contributed by atoms with Crippen LogP contribution < -0.4 is 5.32 Å². The number of hydrogen-bond acceptors (Lipinski definition) is 3. The SMILES string of the molecule is Cc1ccc(C(=O)c2cccn2C/C=C/c2cc(C(=O)NC(C)(C)C(=O)O)ccc2Cl)cc1. The number of aromatic nitrogens is 1. The van der Waals surface area contributed by atoms with Crippen molar-refractivity contribution in [3.8, 4) is 0 Å². The first-order valence-electron chi connectivity index (χ1n) is 10.4. The number of ketones is 1. The van der Waals surface area contributed by atoms with Crippen LogP contribution in [0, 0.1) is 6.92 Å². The normalized spacial score (nSPS) is 11.5. The zero-order valence-electron chi connectivity index (χ0n) is 18.6. The highest BCUT2D eigenvalue weighted by Crippen LogP contribution is 2.20. The molecule has 0 atom stereocenters. The van der Waals surface area contributed by atoms with Gasteiger partial charge in [-0.3, -0.25) is 9.59 Å². The van der Waals surface area contributed by atoms with Crippen LogP contribution in [0.3, 0.4) is 0 Å². The number of benzene rings is 2. The van der Waals surface area contributed by atoms with Gasteiger partial charge in [0, 0.05) is 28.9 Å². The average Bonchev–Trinajstić information content (AvgIpc) is 3.23. The summed E-state index contributed by atoms with van der Waals surface area (Å²) >= 11 is 6.28. The van der Waals surface area contributed by atoms with E-state index >= 15 is 0 Å². The van der Waals surface area contributed by atoms with Crippen LogP contribution in [-0.2, 0) is 11.3 Å². The molecule has 170 valence electrons. The summed E-state index contributed by atoms with van der Waals surface area (Å²) in [6.07, 6.45) is 5.43. The second kappa shape index (κ2) is 9.88. The molecule has 0 fully saturated rings. The number of amides is 1. The van der Waals surface area contributed by atoms with Crippen LogP contribution >= 0.6 is 11.6 Å². The second-order valence-electron chi connectivity index (χ2n) is 8.26. The minimum Gasteiger partial charge on any atom is -0.480 e. The van der Waals surface area contributed by atoms with Gasteiger partial charge in [-0.05, 0) is 56.7 Å². The van der Waals surface area contributed by atoms with Crippen LogP contribution in [0.1, 0.15) is 51.4 Å². The summed E-state index contributed by atoms with van der Waals surface area (Å²) in [6.45, 7) is 5.23. The van der Waals surface area contributed by atoms with Crippen LogP contribution in [0.25, 0.3) is 6.08 Å². The Morgan fingerprint density at radius 3 is 2.39 bits per heavy atom. The molecule has 0 bridgehead atoms. The lowest BCUT2D eigenvalue weighted by atomic mass is 10.0. The first-order chi connectivity index (χ1) is 15.6.